The van der Waals surface area contributed by atoms with E-state index in [1.807, 2.05) is 36.4 Å². The minimum atomic E-state index is -0.918. The summed E-state index contributed by atoms with van der Waals surface area (Å²) >= 11 is 2.21. The molecule has 3 aromatic rings. The van der Waals surface area contributed by atoms with Gasteiger partial charge < -0.3 is 5.11 Å². The van der Waals surface area contributed by atoms with Gasteiger partial charge in [0.1, 0.15) is 0 Å². The number of hydrogen-bond acceptors (Lipinski definition) is 2. The Balaban J connectivity index is 2.13. The average Bonchev–Trinajstić information content (AvgIpc) is 2.82. The van der Waals surface area contributed by atoms with Gasteiger partial charge in [-0.05, 0) is 40.3 Å². The molecule has 0 fully saturated rings. The summed E-state index contributed by atoms with van der Waals surface area (Å²) in [6.45, 7) is 0. The van der Waals surface area contributed by atoms with Gasteiger partial charge >= 0.3 is 5.97 Å². The van der Waals surface area contributed by atoms with E-state index in [-0.39, 0.29) is 0 Å². The van der Waals surface area contributed by atoms with Crippen molar-refractivity contribution >= 4 is 39.5 Å². The molecule has 4 nitrogen and oxygen atoms in total. The Bertz CT molecular complexity index is 768. The van der Waals surface area contributed by atoms with Crippen LogP contribution in [0.5, 0.6) is 0 Å². The van der Waals surface area contributed by atoms with E-state index in [1.54, 1.807) is 18.3 Å². The molecule has 1 heterocycles. The van der Waals surface area contributed by atoms with Crippen LogP contribution in [0.3, 0.4) is 0 Å². The van der Waals surface area contributed by atoms with Crippen molar-refractivity contribution in [2.24, 2.45) is 0 Å². The first-order chi connectivity index (χ1) is 9.65. The van der Waals surface area contributed by atoms with Crippen molar-refractivity contribution in [2.45, 2.75) is 6.04 Å². The number of aliphatic carboxylic acids is 1. The van der Waals surface area contributed by atoms with Gasteiger partial charge in [-0.3, -0.25) is 4.68 Å². The minimum absolute atomic E-state index is 0.711. The third-order valence-electron chi connectivity index (χ3n) is 3.10. The van der Waals surface area contributed by atoms with Gasteiger partial charge in [-0.15, -0.1) is 0 Å². The lowest BCUT2D eigenvalue weighted by molar-refractivity contribution is -0.139. The minimum Gasteiger partial charge on any atom is -0.479 e. The highest BCUT2D eigenvalue weighted by Gasteiger charge is 2.22. The molecule has 5 heteroatoms. The highest BCUT2D eigenvalue weighted by atomic mass is 127. The molecule has 0 saturated carbocycles. The van der Waals surface area contributed by atoms with Crippen molar-refractivity contribution < 1.29 is 9.90 Å². The first kappa shape index (κ1) is 13.1. The van der Waals surface area contributed by atoms with Crippen LogP contribution in [0, 0.1) is 3.57 Å². The molecule has 1 unspecified atom stereocenters. The second-order valence-corrected chi connectivity index (χ2v) is 5.71. The van der Waals surface area contributed by atoms with E-state index >= 15 is 0 Å². The lowest BCUT2D eigenvalue weighted by Crippen LogP contribution is -2.20. The molecule has 0 spiro atoms. The molecule has 3 rings (SSSR count). The van der Waals surface area contributed by atoms with Gasteiger partial charge in [0.25, 0.3) is 0 Å². The number of benzene rings is 2. The van der Waals surface area contributed by atoms with Crippen molar-refractivity contribution in [2.75, 3.05) is 0 Å². The molecular weight excluding hydrogens is 367 g/mol. The predicted molar refractivity (Wildman–Crippen MR) is 84.7 cm³/mol. The molecule has 0 saturated heterocycles. The smallest absolute Gasteiger partial charge is 0.333 e. The second kappa shape index (κ2) is 5.24. The topological polar surface area (TPSA) is 55.1 Å². The first-order valence-electron chi connectivity index (χ1n) is 6.07. The second-order valence-electron chi connectivity index (χ2n) is 4.46. The highest BCUT2D eigenvalue weighted by Crippen LogP contribution is 2.22. The maximum atomic E-state index is 11.6. The van der Waals surface area contributed by atoms with Crippen LogP contribution in [0.15, 0.2) is 54.7 Å². The molecule has 100 valence electrons. The summed E-state index contributed by atoms with van der Waals surface area (Å²) in [5.41, 5.74) is 1.52. The van der Waals surface area contributed by atoms with Crippen LogP contribution < -0.4 is 0 Å². The summed E-state index contributed by atoms with van der Waals surface area (Å²) in [5.74, 6) is -0.918. The largest absolute Gasteiger partial charge is 0.479 e. The quantitative estimate of drug-likeness (QED) is 0.712. The van der Waals surface area contributed by atoms with Crippen LogP contribution in [-0.2, 0) is 4.79 Å². The Labute approximate surface area is 129 Å². The molecule has 0 amide bonds. The zero-order valence-electron chi connectivity index (χ0n) is 10.4. The number of aromatic nitrogens is 2. The number of carboxylic acids is 1. The SMILES string of the molecule is O=C(O)C(c1ccccc1)n1cc2ccc(I)cc2n1. The molecule has 0 radical (unpaired) electrons. The first-order valence-corrected chi connectivity index (χ1v) is 7.15. The van der Waals surface area contributed by atoms with Crippen LogP contribution in [0.1, 0.15) is 11.6 Å². The fourth-order valence-corrected chi connectivity index (χ4v) is 2.66. The monoisotopic (exact) mass is 378 g/mol. The summed E-state index contributed by atoms with van der Waals surface area (Å²) in [6.07, 6.45) is 1.78. The van der Waals surface area contributed by atoms with Crippen LogP contribution in [0.2, 0.25) is 0 Å². The molecule has 0 aliphatic rings. The van der Waals surface area contributed by atoms with Gasteiger partial charge in [-0.2, -0.15) is 5.10 Å². The van der Waals surface area contributed by atoms with Gasteiger partial charge in [0, 0.05) is 15.2 Å². The standard InChI is InChI=1S/C15H11IN2O2/c16-12-7-6-11-9-18(17-13(11)8-12)14(15(19)20)10-4-2-1-3-5-10/h1-9,14H,(H,19,20). The number of hydrogen-bond donors (Lipinski definition) is 1. The van der Waals surface area contributed by atoms with E-state index in [4.69, 9.17) is 0 Å². The Kier molecular flexibility index (Phi) is 3.43. The van der Waals surface area contributed by atoms with E-state index in [9.17, 15) is 9.90 Å². The summed E-state index contributed by atoms with van der Waals surface area (Å²) < 4.78 is 2.59. The summed E-state index contributed by atoms with van der Waals surface area (Å²) in [5, 5.41) is 14.8. The Hall–Kier alpha value is -1.89. The molecule has 2 aromatic carbocycles. The van der Waals surface area contributed by atoms with E-state index in [0.29, 0.717) is 5.56 Å². The maximum absolute atomic E-state index is 11.6. The van der Waals surface area contributed by atoms with Gasteiger partial charge in [-0.1, -0.05) is 36.4 Å². The van der Waals surface area contributed by atoms with Crippen LogP contribution in [-0.4, -0.2) is 20.9 Å². The zero-order valence-corrected chi connectivity index (χ0v) is 12.6. The van der Waals surface area contributed by atoms with E-state index in [0.717, 1.165) is 14.5 Å². The lowest BCUT2D eigenvalue weighted by atomic mass is 10.1. The van der Waals surface area contributed by atoms with Crippen molar-refractivity contribution in [3.63, 3.8) is 0 Å². The molecular formula is C15H11IN2O2. The molecule has 0 bridgehead atoms. The molecule has 20 heavy (non-hydrogen) atoms. The molecule has 0 aliphatic heterocycles. The maximum Gasteiger partial charge on any atom is 0.333 e. The molecule has 1 N–H and O–H groups in total. The normalized spacial score (nSPS) is 12.4. The summed E-state index contributed by atoms with van der Waals surface area (Å²) in [7, 11) is 0. The van der Waals surface area contributed by atoms with E-state index < -0.39 is 12.0 Å². The van der Waals surface area contributed by atoms with Gasteiger partial charge in [0.2, 0.25) is 0 Å². The van der Waals surface area contributed by atoms with Gasteiger partial charge in [-0.25, -0.2) is 4.79 Å². The van der Waals surface area contributed by atoms with Gasteiger partial charge in [0.05, 0.1) is 5.52 Å². The van der Waals surface area contributed by atoms with Crippen LogP contribution in [0.4, 0.5) is 0 Å². The van der Waals surface area contributed by atoms with Crippen LogP contribution >= 0.6 is 22.6 Å². The average molecular weight is 378 g/mol. The summed E-state index contributed by atoms with van der Waals surface area (Å²) in [4.78, 5) is 11.6. The predicted octanol–water partition coefficient (Wildman–Crippen LogP) is 3.31. The third kappa shape index (κ3) is 2.40. The molecule has 0 aliphatic carbocycles. The zero-order chi connectivity index (χ0) is 14.1. The number of rotatable bonds is 3. The molecule has 1 aromatic heterocycles. The number of nitrogens with zero attached hydrogens (tertiary/aromatic N) is 2. The Morgan fingerprint density at radius 3 is 2.65 bits per heavy atom. The van der Waals surface area contributed by atoms with Crippen molar-refractivity contribution in [3.05, 3.63) is 63.9 Å². The number of fused-ring (bicyclic) bond motifs is 1. The lowest BCUT2D eigenvalue weighted by Gasteiger charge is -2.12. The van der Waals surface area contributed by atoms with Crippen LogP contribution in [0.25, 0.3) is 10.9 Å². The van der Waals surface area contributed by atoms with E-state index in [1.165, 1.54) is 4.68 Å². The summed E-state index contributed by atoms with van der Waals surface area (Å²) in [6, 6.07) is 14.2. The fraction of sp³-hybridized carbons (Fsp3) is 0.0667. The third-order valence-corrected chi connectivity index (χ3v) is 3.77. The number of carbonyl (C=O) groups is 1. The molecule has 1 atom stereocenters. The van der Waals surface area contributed by atoms with E-state index in [2.05, 4.69) is 27.7 Å². The fourth-order valence-electron chi connectivity index (χ4n) is 2.18. The number of carboxylic acid groups (broad SMARTS) is 1. The van der Waals surface area contributed by atoms with Crippen molar-refractivity contribution in [1.82, 2.24) is 9.78 Å². The number of halogens is 1. The van der Waals surface area contributed by atoms with Gasteiger partial charge in [0.15, 0.2) is 6.04 Å². The highest BCUT2D eigenvalue weighted by molar-refractivity contribution is 14.1. The van der Waals surface area contributed by atoms with Crippen molar-refractivity contribution in [1.29, 1.82) is 0 Å². The Morgan fingerprint density at radius 1 is 1.20 bits per heavy atom. The van der Waals surface area contributed by atoms with Crippen molar-refractivity contribution in [3.8, 4) is 0 Å². The Morgan fingerprint density at radius 2 is 1.95 bits per heavy atom.